The first-order valence-electron chi connectivity index (χ1n) is 6.22. The van der Waals surface area contributed by atoms with Gasteiger partial charge >= 0.3 is 5.97 Å². The van der Waals surface area contributed by atoms with Crippen LogP contribution in [-0.2, 0) is 9.53 Å². The molecule has 2 aromatic heterocycles. The highest BCUT2D eigenvalue weighted by Gasteiger charge is 2.22. The van der Waals surface area contributed by atoms with Crippen LogP contribution < -0.4 is 5.73 Å². The Bertz CT molecular complexity index is 809. The highest BCUT2D eigenvalue weighted by Crippen LogP contribution is 2.28. The predicted octanol–water partition coefficient (Wildman–Crippen LogP) is 1.90. The summed E-state index contributed by atoms with van der Waals surface area (Å²) in [5, 5.41) is 0.907. The normalized spacial score (nSPS) is 12.7. The number of nitrogens with zero attached hydrogens (tertiary/aromatic N) is 3. The summed E-state index contributed by atoms with van der Waals surface area (Å²) < 4.78 is 6.48. The molecule has 0 aliphatic rings. The maximum Gasteiger partial charge on any atom is 0.328 e. The number of anilines is 1. The number of carbonyl (C=O) groups is 1. The minimum absolute atomic E-state index is 0.274. The fraction of sp³-hybridized carbons (Fsp3) is 0.214. The molecule has 1 aromatic carbocycles. The van der Waals surface area contributed by atoms with E-state index in [0.29, 0.717) is 5.52 Å². The van der Waals surface area contributed by atoms with Gasteiger partial charge in [-0.1, -0.05) is 18.2 Å². The fourth-order valence-electron chi connectivity index (χ4n) is 2.41. The van der Waals surface area contributed by atoms with Crippen LogP contribution in [0.4, 0.5) is 5.95 Å². The minimum atomic E-state index is -0.546. The lowest BCUT2D eigenvalue weighted by Gasteiger charge is -2.14. The van der Waals surface area contributed by atoms with Crippen molar-refractivity contribution in [2.24, 2.45) is 0 Å². The van der Waals surface area contributed by atoms with Gasteiger partial charge < -0.3 is 10.5 Å². The Hall–Kier alpha value is -2.63. The van der Waals surface area contributed by atoms with Gasteiger partial charge in [0.2, 0.25) is 5.95 Å². The summed E-state index contributed by atoms with van der Waals surface area (Å²) in [5.41, 5.74) is 8.25. The third-order valence-corrected chi connectivity index (χ3v) is 3.38. The van der Waals surface area contributed by atoms with Crippen LogP contribution in [0.15, 0.2) is 30.5 Å². The standard InChI is InChI=1S/C14H14N4O2/c1-8(13(19)20-2)18-12-9-5-3-4-6-10(9)16-7-11(12)17-14(18)15/h3-8H,1-2H3,(H2,15,17). The van der Waals surface area contributed by atoms with Crippen molar-refractivity contribution in [1.82, 2.24) is 14.5 Å². The SMILES string of the molecule is COC(=O)C(C)n1c(N)nc2cnc3ccccc3c21. The van der Waals surface area contributed by atoms with E-state index in [4.69, 9.17) is 10.5 Å². The molecule has 0 saturated carbocycles. The van der Waals surface area contributed by atoms with E-state index in [1.807, 2.05) is 24.3 Å². The number of nitrogen functional groups attached to an aromatic ring is 1. The quantitative estimate of drug-likeness (QED) is 0.719. The fourth-order valence-corrected chi connectivity index (χ4v) is 2.41. The zero-order valence-corrected chi connectivity index (χ0v) is 11.2. The van der Waals surface area contributed by atoms with Crippen LogP contribution in [0, 0.1) is 0 Å². The van der Waals surface area contributed by atoms with E-state index >= 15 is 0 Å². The highest BCUT2D eigenvalue weighted by molar-refractivity contribution is 6.03. The van der Waals surface area contributed by atoms with E-state index in [9.17, 15) is 4.79 Å². The van der Waals surface area contributed by atoms with Gasteiger partial charge in [0.25, 0.3) is 0 Å². The number of esters is 1. The number of carbonyl (C=O) groups excluding carboxylic acids is 1. The lowest BCUT2D eigenvalue weighted by molar-refractivity contribution is -0.143. The van der Waals surface area contributed by atoms with E-state index in [1.54, 1.807) is 17.7 Å². The first kappa shape index (κ1) is 12.4. The van der Waals surface area contributed by atoms with Crippen molar-refractivity contribution in [3.05, 3.63) is 30.5 Å². The molecule has 0 bridgehead atoms. The Balaban J connectivity index is 2.38. The number of pyridine rings is 1. The number of fused-ring (bicyclic) bond motifs is 3. The molecule has 0 saturated heterocycles. The molecular formula is C14H14N4O2. The van der Waals surface area contributed by atoms with E-state index in [2.05, 4.69) is 9.97 Å². The van der Waals surface area contributed by atoms with Gasteiger partial charge in [-0.15, -0.1) is 0 Å². The lowest BCUT2D eigenvalue weighted by Crippen LogP contribution is -2.19. The van der Waals surface area contributed by atoms with Gasteiger partial charge in [-0.25, -0.2) is 9.78 Å². The highest BCUT2D eigenvalue weighted by atomic mass is 16.5. The molecule has 1 unspecified atom stereocenters. The third kappa shape index (κ3) is 1.69. The number of benzene rings is 1. The molecule has 0 aliphatic heterocycles. The average molecular weight is 270 g/mol. The summed E-state index contributed by atoms with van der Waals surface area (Å²) in [6.07, 6.45) is 1.66. The van der Waals surface area contributed by atoms with Crippen LogP contribution in [0.25, 0.3) is 21.9 Å². The molecule has 0 amide bonds. The second-order valence-corrected chi connectivity index (χ2v) is 4.55. The Morgan fingerprint density at radius 2 is 2.10 bits per heavy atom. The van der Waals surface area contributed by atoms with Crippen molar-refractivity contribution in [2.75, 3.05) is 12.8 Å². The van der Waals surface area contributed by atoms with Gasteiger partial charge in [0.1, 0.15) is 11.6 Å². The number of hydrogen-bond acceptors (Lipinski definition) is 5. The largest absolute Gasteiger partial charge is 0.467 e. The minimum Gasteiger partial charge on any atom is -0.467 e. The van der Waals surface area contributed by atoms with Crippen molar-refractivity contribution in [3.63, 3.8) is 0 Å². The number of imidazole rings is 1. The second-order valence-electron chi connectivity index (χ2n) is 4.55. The summed E-state index contributed by atoms with van der Waals surface area (Å²) >= 11 is 0. The molecule has 2 N–H and O–H groups in total. The summed E-state index contributed by atoms with van der Waals surface area (Å²) in [5.74, 6) is -0.0899. The van der Waals surface area contributed by atoms with E-state index in [1.165, 1.54) is 7.11 Å². The Kier molecular flexibility index (Phi) is 2.78. The third-order valence-electron chi connectivity index (χ3n) is 3.38. The van der Waals surface area contributed by atoms with Gasteiger partial charge in [-0.2, -0.15) is 0 Å². The molecule has 0 radical (unpaired) electrons. The van der Waals surface area contributed by atoms with Crippen molar-refractivity contribution in [2.45, 2.75) is 13.0 Å². The summed E-state index contributed by atoms with van der Waals surface area (Å²) in [4.78, 5) is 20.4. The molecule has 3 rings (SSSR count). The number of para-hydroxylation sites is 1. The Labute approximate surface area is 115 Å². The average Bonchev–Trinajstić information content (AvgIpc) is 2.82. The topological polar surface area (TPSA) is 83.0 Å². The second kappa shape index (κ2) is 4.48. The number of aromatic nitrogens is 3. The smallest absolute Gasteiger partial charge is 0.328 e. The molecule has 3 aromatic rings. The zero-order valence-electron chi connectivity index (χ0n) is 11.2. The first-order chi connectivity index (χ1) is 9.63. The maximum atomic E-state index is 11.8. The molecule has 6 heteroatoms. The molecule has 0 fully saturated rings. The van der Waals surface area contributed by atoms with Crippen LogP contribution in [0.3, 0.4) is 0 Å². The van der Waals surface area contributed by atoms with E-state index in [-0.39, 0.29) is 11.9 Å². The molecule has 1 atom stereocenters. The summed E-state index contributed by atoms with van der Waals surface area (Å²) in [7, 11) is 1.35. The number of nitrogens with two attached hydrogens (primary N) is 1. The molecule has 20 heavy (non-hydrogen) atoms. The monoisotopic (exact) mass is 270 g/mol. The van der Waals surface area contributed by atoms with Crippen molar-refractivity contribution in [3.8, 4) is 0 Å². The van der Waals surface area contributed by atoms with Gasteiger partial charge in [-0.05, 0) is 13.0 Å². The molecule has 6 nitrogen and oxygen atoms in total. The van der Waals surface area contributed by atoms with Gasteiger partial charge in [0.05, 0.1) is 24.3 Å². The Morgan fingerprint density at radius 1 is 1.35 bits per heavy atom. The van der Waals surface area contributed by atoms with Crippen LogP contribution in [0.1, 0.15) is 13.0 Å². The van der Waals surface area contributed by atoms with Crippen molar-refractivity contribution < 1.29 is 9.53 Å². The van der Waals surface area contributed by atoms with Crippen LogP contribution in [0.5, 0.6) is 0 Å². The molecule has 0 aliphatic carbocycles. The number of methoxy groups -OCH3 is 1. The van der Waals surface area contributed by atoms with Crippen LogP contribution >= 0.6 is 0 Å². The van der Waals surface area contributed by atoms with Crippen molar-refractivity contribution >= 4 is 33.9 Å². The summed E-state index contributed by atoms with van der Waals surface area (Å²) in [6, 6.07) is 7.13. The number of hydrogen-bond donors (Lipinski definition) is 1. The first-order valence-corrected chi connectivity index (χ1v) is 6.22. The molecule has 2 heterocycles. The lowest BCUT2D eigenvalue weighted by atomic mass is 10.2. The van der Waals surface area contributed by atoms with Crippen molar-refractivity contribution in [1.29, 1.82) is 0 Å². The summed E-state index contributed by atoms with van der Waals surface area (Å²) in [6.45, 7) is 1.73. The molecule has 0 spiro atoms. The van der Waals surface area contributed by atoms with E-state index < -0.39 is 6.04 Å². The zero-order chi connectivity index (χ0) is 14.3. The van der Waals surface area contributed by atoms with Crippen LogP contribution in [0.2, 0.25) is 0 Å². The molecular weight excluding hydrogens is 256 g/mol. The maximum absolute atomic E-state index is 11.8. The number of ether oxygens (including phenoxy) is 1. The van der Waals surface area contributed by atoms with Crippen LogP contribution in [-0.4, -0.2) is 27.6 Å². The van der Waals surface area contributed by atoms with E-state index in [0.717, 1.165) is 16.4 Å². The Morgan fingerprint density at radius 3 is 2.85 bits per heavy atom. The van der Waals surface area contributed by atoms with Gasteiger partial charge in [0.15, 0.2) is 0 Å². The van der Waals surface area contributed by atoms with Gasteiger partial charge in [-0.3, -0.25) is 9.55 Å². The van der Waals surface area contributed by atoms with Gasteiger partial charge in [0, 0.05) is 5.39 Å². The predicted molar refractivity (Wildman–Crippen MR) is 76.2 cm³/mol. The number of rotatable bonds is 2. The molecule has 102 valence electrons.